The number of halogens is 1. The molecule has 2 fully saturated rings. The van der Waals surface area contributed by atoms with E-state index in [1.54, 1.807) is 6.07 Å². The van der Waals surface area contributed by atoms with Crippen LogP contribution in [0.1, 0.15) is 18.4 Å². The van der Waals surface area contributed by atoms with Gasteiger partial charge in [0.1, 0.15) is 0 Å². The molecule has 1 aromatic rings. The minimum atomic E-state index is -0.409. The van der Waals surface area contributed by atoms with Crippen LogP contribution >= 0.6 is 11.6 Å². The molecule has 2 heterocycles. The Morgan fingerprint density at radius 1 is 1.26 bits per heavy atom. The summed E-state index contributed by atoms with van der Waals surface area (Å²) >= 11 is 6.38. The third-order valence-electron chi connectivity index (χ3n) is 4.76. The SMILES string of the molecule is Cc1cc([N+](=O)[O-])cc(Cl)c1N1CCOCC2(CCOCC2)C1. The van der Waals surface area contributed by atoms with Crippen LogP contribution in [0.25, 0.3) is 0 Å². The van der Waals surface area contributed by atoms with Crippen molar-refractivity contribution >= 4 is 23.0 Å². The second kappa shape index (κ2) is 6.63. The summed E-state index contributed by atoms with van der Waals surface area (Å²) in [5.74, 6) is 0. The largest absolute Gasteiger partial charge is 0.381 e. The second-order valence-electron chi connectivity index (χ2n) is 6.44. The molecule has 2 aliphatic rings. The van der Waals surface area contributed by atoms with Crippen molar-refractivity contribution in [2.45, 2.75) is 19.8 Å². The molecule has 1 spiro atoms. The number of nitrogens with zero attached hydrogens (tertiary/aromatic N) is 2. The van der Waals surface area contributed by atoms with Crippen molar-refractivity contribution in [3.8, 4) is 0 Å². The Morgan fingerprint density at radius 2 is 2.00 bits per heavy atom. The first kappa shape index (κ1) is 16.5. The third kappa shape index (κ3) is 3.44. The van der Waals surface area contributed by atoms with Crippen molar-refractivity contribution < 1.29 is 14.4 Å². The van der Waals surface area contributed by atoms with Crippen molar-refractivity contribution in [2.24, 2.45) is 5.41 Å². The zero-order chi connectivity index (χ0) is 16.4. The molecule has 0 atom stereocenters. The van der Waals surface area contributed by atoms with Crippen LogP contribution in [0.4, 0.5) is 11.4 Å². The summed E-state index contributed by atoms with van der Waals surface area (Å²) in [6.45, 7) is 6.33. The number of hydrogen-bond donors (Lipinski definition) is 0. The first-order valence-corrected chi connectivity index (χ1v) is 8.24. The zero-order valence-electron chi connectivity index (χ0n) is 13.2. The molecular formula is C16H21ClN2O4. The molecule has 0 unspecified atom stereocenters. The average Bonchev–Trinajstić information content (AvgIpc) is 2.70. The van der Waals surface area contributed by atoms with E-state index in [0.717, 1.165) is 57.0 Å². The molecule has 0 aliphatic carbocycles. The van der Waals surface area contributed by atoms with Gasteiger partial charge in [-0.3, -0.25) is 10.1 Å². The minimum absolute atomic E-state index is 0.0306. The van der Waals surface area contributed by atoms with Gasteiger partial charge in [0.25, 0.3) is 5.69 Å². The molecule has 7 heteroatoms. The highest BCUT2D eigenvalue weighted by Gasteiger charge is 2.37. The van der Waals surface area contributed by atoms with Crippen molar-refractivity contribution in [1.29, 1.82) is 0 Å². The van der Waals surface area contributed by atoms with E-state index in [4.69, 9.17) is 21.1 Å². The van der Waals surface area contributed by atoms with Gasteiger partial charge in [-0.2, -0.15) is 0 Å². The summed E-state index contributed by atoms with van der Waals surface area (Å²) in [6.07, 6.45) is 1.93. The average molecular weight is 341 g/mol. The number of hydrogen-bond acceptors (Lipinski definition) is 5. The summed E-state index contributed by atoms with van der Waals surface area (Å²) in [7, 11) is 0. The van der Waals surface area contributed by atoms with E-state index in [2.05, 4.69) is 4.90 Å². The standard InChI is InChI=1S/C16H21ClN2O4/c1-12-8-13(19(20)21)9-14(17)15(12)18-4-7-23-11-16(10-18)2-5-22-6-3-16/h8-9H,2-7,10-11H2,1H3. The smallest absolute Gasteiger partial charge is 0.271 e. The molecule has 6 nitrogen and oxygen atoms in total. The number of benzene rings is 1. The highest BCUT2D eigenvalue weighted by atomic mass is 35.5. The lowest BCUT2D eigenvalue weighted by atomic mass is 9.80. The summed E-state index contributed by atoms with van der Waals surface area (Å²) in [6, 6.07) is 3.02. The van der Waals surface area contributed by atoms with Crippen molar-refractivity contribution in [3.63, 3.8) is 0 Å². The van der Waals surface area contributed by atoms with Gasteiger partial charge in [0.05, 0.1) is 28.8 Å². The van der Waals surface area contributed by atoms with Crippen LogP contribution < -0.4 is 4.90 Å². The highest BCUT2D eigenvalue weighted by Crippen LogP contribution is 2.39. The molecule has 2 saturated heterocycles. The molecule has 1 aromatic carbocycles. The molecule has 0 bridgehead atoms. The van der Waals surface area contributed by atoms with Gasteiger partial charge in [0.15, 0.2) is 0 Å². The summed E-state index contributed by atoms with van der Waals surface area (Å²) in [5.41, 5.74) is 1.82. The molecule has 126 valence electrons. The monoisotopic (exact) mass is 340 g/mol. The Kier molecular flexibility index (Phi) is 4.75. The Balaban J connectivity index is 1.92. The summed E-state index contributed by atoms with van der Waals surface area (Å²) in [4.78, 5) is 12.8. The van der Waals surface area contributed by atoms with Gasteiger partial charge in [-0.25, -0.2) is 0 Å². The van der Waals surface area contributed by atoms with E-state index in [1.807, 2.05) is 6.92 Å². The number of nitro groups is 1. The summed E-state index contributed by atoms with van der Waals surface area (Å²) < 4.78 is 11.3. The Morgan fingerprint density at radius 3 is 2.65 bits per heavy atom. The van der Waals surface area contributed by atoms with Gasteiger partial charge in [-0.05, 0) is 25.3 Å². The lowest BCUT2D eigenvalue weighted by Gasteiger charge is -2.39. The number of aryl methyl sites for hydroxylation is 1. The lowest BCUT2D eigenvalue weighted by Crippen LogP contribution is -2.42. The number of non-ortho nitro benzene ring substituents is 1. The minimum Gasteiger partial charge on any atom is -0.381 e. The molecule has 0 amide bonds. The van der Waals surface area contributed by atoms with Gasteiger partial charge in [0.2, 0.25) is 0 Å². The maximum Gasteiger partial charge on any atom is 0.271 e. The van der Waals surface area contributed by atoms with Crippen molar-refractivity contribution in [1.82, 2.24) is 0 Å². The quantitative estimate of drug-likeness (QED) is 0.611. The van der Waals surface area contributed by atoms with Gasteiger partial charge in [-0.1, -0.05) is 11.6 Å². The van der Waals surface area contributed by atoms with Gasteiger partial charge in [-0.15, -0.1) is 0 Å². The maximum atomic E-state index is 11.0. The molecular weight excluding hydrogens is 320 g/mol. The number of ether oxygens (including phenoxy) is 2. The topological polar surface area (TPSA) is 64.8 Å². The molecule has 0 saturated carbocycles. The fourth-order valence-electron chi connectivity index (χ4n) is 3.51. The van der Waals surface area contributed by atoms with Crippen LogP contribution in [0.15, 0.2) is 12.1 Å². The molecule has 3 rings (SSSR count). The fourth-order valence-corrected chi connectivity index (χ4v) is 3.90. The van der Waals surface area contributed by atoms with Crippen molar-refractivity contribution in [2.75, 3.05) is 44.4 Å². The number of anilines is 1. The third-order valence-corrected chi connectivity index (χ3v) is 5.05. The highest BCUT2D eigenvalue weighted by molar-refractivity contribution is 6.33. The van der Waals surface area contributed by atoms with Crippen LogP contribution in [0.5, 0.6) is 0 Å². The first-order valence-electron chi connectivity index (χ1n) is 7.86. The van der Waals surface area contributed by atoms with E-state index < -0.39 is 4.92 Å². The second-order valence-corrected chi connectivity index (χ2v) is 6.84. The Labute approximate surface area is 140 Å². The van der Waals surface area contributed by atoms with Crippen LogP contribution in [-0.4, -0.2) is 44.4 Å². The first-order chi connectivity index (χ1) is 11.0. The van der Waals surface area contributed by atoms with E-state index in [-0.39, 0.29) is 11.1 Å². The Hall–Kier alpha value is -1.37. The zero-order valence-corrected chi connectivity index (χ0v) is 14.0. The molecule has 0 radical (unpaired) electrons. The molecule has 23 heavy (non-hydrogen) atoms. The fraction of sp³-hybridized carbons (Fsp3) is 0.625. The van der Waals surface area contributed by atoms with E-state index >= 15 is 0 Å². The van der Waals surface area contributed by atoms with Gasteiger partial charge in [0, 0.05) is 43.9 Å². The van der Waals surface area contributed by atoms with Crippen LogP contribution in [0, 0.1) is 22.5 Å². The van der Waals surface area contributed by atoms with E-state index in [1.165, 1.54) is 6.07 Å². The van der Waals surface area contributed by atoms with Gasteiger partial charge < -0.3 is 14.4 Å². The Bertz CT molecular complexity index is 579. The van der Waals surface area contributed by atoms with Crippen LogP contribution in [0.3, 0.4) is 0 Å². The number of nitro benzene ring substituents is 1. The maximum absolute atomic E-state index is 11.0. The lowest BCUT2D eigenvalue weighted by molar-refractivity contribution is -0.384. The molecule has 0 aromatic heterocycles. The van der Waals surface area contributed by atoms with Crippen LogP contribution in [-0.2, 0) is 9.47 Å². The number of rotatable bonds is 2. The van der Waals surface area contributed by atoms with E-state index in [9.17, 15) is 10.1 Å². The van der Waals surface area contributed by atoms with Gasteiger partial charge >= 0.3 is 0 Å². The predicted octanol–water partition coefficient (Wildman–Crippen LogP) is 3.19. The van der Waals surface area contributed by atoms with Crippen molar-refractivity contribution in [3.05, 3.63) is 32.8 Å². The normalized spacial score (nSPS) is 21.2. The molecule has 0 N–H and O–H groups in total. The van der Waals surface area contributed by atoms with Crippen LogP contribution in [0.2, 0.25) is 5.02 Å². The van der Waals surface area contributed by atoms with E-state index in [0.29, 0.717) is 11.6 Å². The molecule has 2 aliphatic heterocycles. The predicted molar refractivity (Wildman–Crippen MR) is 88.4 cm³/mol. The summed E-state index contributed by atoms with van der Waals surface area (Å²) in [5, 5.41) is 11.4.